The molecule has 0 atom stereocenters. The summed E-state index contributed by atoms with van der Waals surface area (Å²) in [6.07, 6.45) is 1.57. The largest absolute Gasteiger partial charge is 0.361 e. The first-order valence-electron chi connectivity index (χ1n) is 8.30. The highest BCUT2D eigenvalue weighted by Crippen LogP contribution is 2.32. The van der Waals surface area contributed by atoms with Crippen molar-refractivity contribution in [2.45, 2.75) is 0 Å². The Balaban J connectivity index is 1.50. The van der Waals surface area contributed by atoms with Crippen LogP contribution in [-0.2, 0) is 9.59 Å². The maximum absolute atomic E-state index is 13.5. The molecule has 3 N–H and O–H groups in total. The van der Waals surface area contributed by atoms with Gasteiger partial charge in [0, 0.05) is 41.9 Å². The molecular formula is C19H17FN4O2. The Morgan fingerprint density at radius 3 is 2.69 bits per heavy atom. The van der Waals surface area contributed by atoms with Crippen molar-refractivity contribution in [3.8, 4) is 0 Å². The summed E-state index contributed by atoms with van der Waals surface area (Å²) in [5.74, 6) is -0.642. The van der Waals surface area contributed by atoms with Gasteiger partial charge < -0.3 is 20.9 Å². The van der Waals surface area contributed by atoms with Gasteiger partial charge in [0.1, 0.15) is 5.82 Å². The quantitative estimate of drug-likeness (QED) is 0.740. The minimum Gasteiger partial charge on any atom is -0.361 e. The molecule has 2 aliphatic heterocycles. The van der Waals surface area contributed by atoms with Crippen LogP contribution in [0, 0.1) is 5.82 Å². The van der Waals surface area contributed by atoms with Gasteiger partial charge in [0.15, 0.2) is 0 Å². The molecule has 0 bridgehead atoms. The summed E-state index contributed by atoms with van der Waals surface area (Å²) < 4.78 is 13.5. The van der Waals surface area contributed by atoms with Crippen molar-refractivity contribution in [1.82, 2.24) is 5.32 Å². The topological polar surface area (TPSA) is 73.5 Å². The maximum atomic E-state index is 13.5. The number of carbonyl (C=O) groups is 2. The van der Waals surface area contributed by atoms with E-state index in [-0.39, 0.29) is 17.6 Å². The molecule has 7 heteroatoms. The molecule has 0 unspecified atom stereocenters. The van der Waals surface area contributed by atoms with Crippen molar-refractivity contribution in [2.75, 3.05) is 35.2 Å². The molecule has 0 aliphatic carbocycles. The Hall–Kier alpha value is -3.35. The molecule has 2 aliphatic rings. The lowest BCUT2D eigenvalue weighted by Gasteiger charge is -2.28. The molecule has 0 saturated carbocycles. The number of hydrogen-bond donors (Lipinski definition) is 3. The maximum Gasteiger partial charge on any atom is 0.257 e. The molecule has 0 radical (unpaired) electrons. The van der Waals surface area contributed by atoms with Crippen LogP contribution in [0.5, 0.6) is 0 Å². The molecule has 0 spiro atoms. The molecular weight excluding hydrogens is 335 g/mol. The second-order valence-electron chi connectivity index (χ2n) is 6.16. The Bertz CT molecular complexity index is 908. The molecule has 4 rings (SSSR count). The van der Waals surface area contributed by atoms with E-state index in [9.17, 15) is 14.0 Å². The molecule has 2 aromatic rings. The number of nitrogens with zero attached hydrogens (tertiary/aromatic N) is 1. The van der Waals surface area contributed by atoms with Crippen molar-refractivity contribution in [3.05, 3.63) is 60.0 Å². The van der Waals surface area contributed by atoms with E-state index in [0.717, 1.165) is 17.9 Å². The number of rotatable bonds is 3. The summed E-state index contributed by atoms with van der Waals surface area (Å²) in [6, 6.07) is 11.8. The molecule has 0 aromatic heterocycles. The molecule has 1 saturated heterocycles. The van der Waals surface area contributed by atoms with Crippen molar-refractivity contribution >= 4 is 34.4 Å². The van der Waals surface area contributed by atoms with Gasteiger partial charge in [-0.25, -0.2) is 4.39 Å². The SMILES string of the molecule is O=C1CN(c2ccc(N/C=C3/C(=O)Nc4ccc(F)cc43)cc2)CCN1. The van der Waals surface area contributed by atoms with Crippen LogP contribution in [0.4, 0.5) is 21.5 Å². The van der Waals surface area contributed by atoms with Crippen LogP contribution < -0.4 is 20.9 Å². The third-order valence-electron chi connectivity index (χ3n) is 4.42. The molecule has 132 valence electrons. The fourth-order valence-corrected chi connectivity index (χ4v) is 3.09. The predicted molar refractivity (Wildman–Crippen MR) is 98.3 cm³/mol. The summed E-state index contributed by atoms with van der Waals surface area (Å²) in [7, 11) is 0. The number of nitrogens with one attached hydrogen (secondary N) is 3. The number of carbonyl (C=O) groups excluding carboxylic acids is 2. The van der Waals surface area contributed by atoms with E-state index in [1.807, 2.05) is 29.2 Å². The number of halogens is 1. The third kappa shape index (κ3) is 3.11. The van der Waals surface area contributed by atoms with E-state index in [0.29, 0.717) is 29.9 Å². The van der Waals surface area contributed by atoms with E-state index in [4.69, 9.17) is 0 Å². The fourth-order valence-electron chi connectivity index (χ4n) is 3.09. The van der Waals surface area contributed by atoms with E-state index >= 15 is 0 Å². The highest BCUT2D eigenvalue weighted by molar-refractivity contribution is 6.31. The van der Waals surface area contributed by atoms with Gasteiger partial charge in [-0.05, 0) is 42.5 Å². The molecule has 2 heterocycles. The number of hydrogen-bond acceptors (Lipinski definition) is 4. The second-order valence-corrected chi connectivity index (χ2v) is 6.16. The first-order chi connectivity index (χ1) is 12.6. The van der Waals surface area contributed by atoms with Gasteiger partial charge in [-0.1, -0.05) is 0 Å². The lowest BCUT2D eigenvalue weighted by molar-refractivity contribution is -0.120. The van der Waals surface area contributed by atoms with Crippen LogP contribution >= 0.6 is 0 Å². The van der Waals surface area contributed by atoms with Gasteiger partial charge in [0.05, 0.1) is 12.1 Å². The average molecular weight is 352 g/mol. The van der Waals surface area contributed by atoms with Crippen LogP contribution in [0.1, 0.15) is 5.56 Å². The molecule has 2 aromatic carbocycles. The van der Waals surface area contributed by atoms with Crippen molar-refractivity contribution in [1.29, 1.82) is 0 Å². The van der Waals surface area contributed by atoms with Gasteiger partial charge in [-0.2, -0.15) is 0 Å². The zero-order valence-electron chi connectivity index (χ0n) is 13.9. The molecule has 26 heavy (non-hydrogen) atoms. The van der Waals surface area contributed by atoms with E-state index in [2.05, 4.69) is 16.0 Å². The highest BCUT2D eigenvalue weighted by Gasteiger charge is 2.24. The summed E-state index contributed by atoms with van der Waals surface area (Å²) in [5, 5.41) is 8.58. The van der Waals surface area contributed by atoms with Crippen LogP contribution in [0.2, 0.25) is 0 Å². The summed E-state index contributed by atoms with van der Waals surface area (Å²) in [4.78, 5) is 25.6. The predicted octanol–water partition coefficient (Wildman–Crippen LogP) is 2.17. The lowest BCUT2D eigenvalue weighted by atomic mass is 10.1. The van der Waals surface area contributed by atoms with Gasteiger partial charge in [-0.15, -0.1) is 0 Å². The van der Waals surface area contributed by atoms with E-state index in [1.54, 1.807) is 12.3 Å². The summed E-state index contributed by atoms with van der Waals surface area (Å²) >= 11 is 0. The molecule has 1 fully saturated rings. The monoisotopic (exact) mass is 352 g/mol. The van der Waals surface area contributed by atoms with E-state index < -0.39 is 0 Å². The van der Waals surface area contributed by atoms with Crippen molar-refractivity contribution < 1.29 is 14.0 Å². The smallest absolute Gasteiger partial charge is 0.257 e. The Labute approximate surface area is 149 Å². The Morgan fingerprint density at radius 1 is 1.12 bits per heavy atom. The summed E-state index contributed by atoms with van der Waals surface area (Å²) in [5.41, 5.74) is 3.28. The minimum absolute atomic E-state index is 0.0151. The van der Waals surface area contributed by atoms with Crippen LogP contribution in [-0.4, -0.2) is 31.4 Å². The highest BCUT2D eigenvalue weighted by atomic mass is 19.1. The van der Waals surface area contributed by atoms with Crippen molar-refractivity contribution in [3.63, 3.8) is 0 Å². The second kappa shape index (κ2) is 6.51. The fraction of sp³-hybridized carbons (Fsp3) is 0.158. The van der Waals surface area contributed by atoms with Gasteiger partial charge in [-0.3, -0.25) is 9.59 Å². The molecule has 2 amide bonds. The first kappa shape index (κ1) is 16.1. The Kier molecular flexibility index (Phi) is 4.04. The normalized spacial score (nSPS) is 17.7. The van der Waals surface area contributed by atoms with E-state index in [1.165, 1.54) is 12.1 Å². The Morgan fingerprint density at radius 2 is 1.92 bits per heavy atom. The number of piperazine rings is 1. The van der Waals surface area contributed by atoms with Crippen molar-refractivity contribution in [2.24, 2.45) is 0 Å². The number of anilines is 3. The number of benzene rings is 2. The lowest BCUT2D eigenvalue weighted by Crippen LogP contribution is -2.47. The third-order valence-corrected chi connectivity index (χ3v) is 4.42. The zero-order chi connectivity index (χ0) is 18.1. The van der Waals surface area contributed by atoms with Gasteiger partial charge in [0.2, 0.25) is 5.91 Å². The minimum atomic E-state index is -0.388. The molecule has 6 nitrogen and oxygen atoms in total. The van der Waals surface area contributed by atoms with Crippen LogP contribution in [0.15, 0.2) is 48.7 Å². The van der Waals surface area contributed by atoms with Crippen LogP contribution in [0.3, 0.4) is 0 Å². The first-order valence-corrected chi connectivity index (χ1v) is 8.30. The average Bonchev–Trinajstić information content (AvgIpc) is 2.95. The van der Waals surface area contributed by atoms with Gasteiger partial charge >= 0.3 is 0 Å². The summed E-state index contributed by atoms with van der Waals surface area (Å²) in [6.45, 7) is 1.75. The number of fused-ring (bicyclic) bond motifs is 1. The van der Waals surface area contributed by atoms with Crippen LogP contribution in [0.25, 0.3) is 5.57 Å². The zero-order valence-corrected chi connectivity index (χ0v) is 13.9. The standard InChI is InChI=1S/C19H17FN4O2/c20-12-1-6-17-15(9-12)16(19(26)23-17)10-22-13-2-4-14(5-3-13)24-8-7-21-18(25)11-24/h1-6,9-10,22H,7-8,11H2,(H,21,25)(H,23,26)/b16-10+. The van der Waals surface area contributed by atoms with Gasteiger partial charge in [0.25, 0.3) is 5.91 Å². The number of amides is 2.